The van der Waals surface area contributed by atoms with Crippen LogP contribution >= 0.6 is 0 Å². The van der Waals surface area contributed by atoms with E-state index in [1.807, 2.05) is 0 Å². The molecule has 2 saturated carbocycles. The number of carboxylic acid groups (broad SMARTS) is 1. The molecule has 0 spiro atoms. The Morgan fingerprint density at radius 2 is 1.96 bits per heavy atom. The van der Waals surface area contributed by atoms with Crippen LogP contribution in [0.3, 0.4) is 0 Å². The zero-order valence-electron chi connectivity index (χ0n) is 14.4. The summed E-state index contributed by atoms with van der Waals surface area (Å²) in [5, 5.41) is 9.17. The van der Waals surface area contributed by atoms with Crippen molar-refractivity contribution in [2.75, 3.05) is 0 Å². The molecule has 0 amide bonds. The third-order valence-corrected chi connectivity index (χ3v) is 6.56. The SMILES string of the molecule is CC1(C)[C@H]2CC[C@]1(C)[C@H](OC(=O)/C=C/c1ccccc1C(=O)O)C2. The van der Waals surface area contributed by atoms with Gasteiger partial charge in [0.2, 0.25) is 0 Å². The fourth-order valence-electron chi connectivity index (χ4n) is 4.48. The molecular formula is C20H24O4. The number of aromatic carboxylic acids is 1. The minimum atomic E-state index is -1.01. The summed E-state index contributed by atoms with van der Waals surface area (Å²) >= 11 is 0. The van der Waals surface area contributed by atoms with Gasteiger partial charge in [-0.05, 0) is 48.3 Å². The van der Waals surface area contributed by atoms with Crippen LogP contribution in [0.1, 0.15) is 56.0 Å². The van der Waals surface area contributed by atoms with E-state index >= 15 is 0 Å². The summed E-state index contributed by atoms with van der Waals surface area (Å²) in [6.45, 7) is 6.77. The highest BCUT2D eigenvalue weighted by Gasteiger charge is 2.62. The van der Waals surface area contributed by atoms with Crippen LogP contribution in [0.5, 0.6) is 0 Å². The number of benzene rings is 1. The highest BCUT2D eigenvalue weighted by atomic mass is 16.5. The van der Waals surface area contributed by atoms with Gasteiger partial charge in [0.25, 0.3) is 0 Å². The summed E-state index contributed by atoms with van der Waals surface area (Å²) in [6.07, 6.45) is 6.02. The second-order valence-corrected chi connectivity index (χ2v) is 7.76. The van der Waals surface area contributed by atoms with Crippen molar-refractivity contribution in [3.8, 4) is 0 Å². The van der Waals surface area contributed by atoms with E-state index in [1.165, 1.54) is 24.6 Å². The molecule has 2 aliphatic carbocycles. The largest absolute Gasteiger partial charge is 0.478 e. The van der Waals surface area contributed by atoms with Crippen molar-refractivity contribution < 1.29 is 19.4 Å². The van der Waals surface area contributed by atoms with Crippen LogP contribution < -0.4 is 0 Å². The Kier molecular flexibility index (Phi) is 4.02. The van der Waals surface area contributed by atoms with Gasteiger partial charge in [0.1, 0.15) is 6.10 Å². The topological polar surface area (TPSA) is 63.6 Å². The first-order valence-electron chi connectivity index (χ1n) is 8.47. The van der Waals surface area contributed by atoms with E-state index < -0.39 is 11.9 Å². The number of fused-ring (bicyclic) bond motifs is 2. The Hall–Kier alpha value is -2.10. The van der Waals surface area contributed by atoms with E-state index in [0.29, 0.717) is 11.5 Å². The normalized spacial score (nSPS) is 30.6. The van der Waals surface area contributed by atoms with Crippen molar-refractivity contribution in [2.24, 2.45) is 16.7 Å². The molecule has 0 aromatic heterocycles. The minimum Gasteiger partial charge on any atom is -0.478 e. The van der Waals surface area contributed by atoms with E-state index in [9.17, 15) is 14.7 Å². The van der Waals surface area contributed by atoms with E-state index in [0.717, 1.165) is 12.8 Å². The van der Waals surface area contributed by atoms with E-state index in [2.05, 4.69) is 20.8 Å². The van der Waals surface area contributed by atoms with Gasteiger partial charge in [-0.25, -0.2) is 9.59 Å². The molecule has 2 aliphatic rings. The standard InChI is InChI=1S/C20H24O4/c1-19(2)14-10-11-20(19,3)16(12-14)24-17(21)9-8-13-6-4-5-7-15(13)18(22)23/h4-9,14,16H,10-12H2,1-3H3,(H,22,23)/b9-8+/t14-,16+,20+/m0/s1. The first-order valence-corrected chi connectivity index (χ1v) is 8.47. The maximum absolute atomic E-state index is 12.2. The molecule has 3 rings (SSSR count). The molecule has 2 fully saturated rings. The molecule has 1 aromatic carbocycles. The lowest BCUT2D eigenvalue weighted by Gasteiger charge is -2.38. The molecule has 2 bridgehead atoms. The molecule has 0 saturated heterocycles. The Morgan fingerprint density at radius 1 is 1.25 bits per heavy atom. The van der Waals surface area contributed by atoms with Crippen molar-refractivity contribution in [3.05, 3.63) is 41.5 Å². The molecule has 0 heterocycles. The number of carboxylic acids is 1. The van der Waals surface area contributed by atoms with Gasteiger partial charge < -0.3 is 9.84 Å². The molecule has 4 heteroatoms. The van der Waals surface area contributed by atoms with Gasteiger partial charge >= 0.3 is 11.9 Å². The predicted octanol–water partition coefficient (Wildman–Crippen LogP) is 4.16. The molecule has 1 aromatic rings. The molecule has 128 valence electrons. The number of esters is 1. The number of ether oxygens (including phenoxy) is 1. The van der Waals surface area contributed by atoms with Crippen LogP contribution in [0.4, 0.5) is 0 Å². The zero-order chi connectivity index (χ0) is 17.5. The molecule has 0 unspecified atom stereocenters. The summed E-state index contributed by atoms with van der Waals surface area (Å²) in [6, 6.07) is 6.61. The van der Waals surface area contributed by atoms with Crippen molar-refractivity contribution >= 4 is 18.0 Å². The van der Waals surface area contributed by atoms with Crippen LogP contribution in [0.15, 0.2) is 30.3 Å². The summed E-state index contributed by atoms with van der Waals surface area (Å²) in [7, 11) is 0. The molecule has 24 heavy (non-hydrogen) atoms. The van der Waals surface area contributed by atoms with Gasteiger partial charge in [-0.1, -0.05) is 39.0 Å². The van der Waals surface area contributed by atoms with E-state index in [1.54, 1.807) is 18.2 Å². The Bertz CT molecular complexity index is 703. The second-order valence-electron chi connectivity index (χ2n) is 7.76. The Morgan fingerprint density at radius 3 is 2.54 bits per heavy atom. The maximum Gasteiger partial charge on any atom is 0.336 e. The Labute approximate surface area is 142 Å². The first kappa shape index (κ1) is 16.7. The van der Waals surface area contributed by atoms with Crippen LogP contribution in [0, 0.1) is 16.7 Å². The second kappa shape index (κ2) is 5.76. The average molecular weight is 328 g/mol. The average Bonchev–Trinajstić information content (AvgIpc) is 2.86. The quantitative estimate of drug-likeness (QED) is 0.666. The lowest BCUT2D eigenvalue weighted by molar-refractivity contribution is -0.150. The van der Waals surface area contributed by atoms with Crippen LogP contribution in [0.2, 0.25) is 0 Å². The van der Waals surface area contributed by atoms with Gasteiger partial charge in [0.05, 0.1) is 5.56 Å². The van der Waals surface area contributed by atoms with Crippen LogP contribution in [0.25, 0.3) is 6.08 Å². The monoisotopic (exact) mass is 328 g/mol. The number of carbonyl (C=O) groups is 2. The van der Waals surface area contributed by atoms with Gasteiger partial charge in [-0.15, -0.1) is 0 Å². The highest BCUT2D eigenvalue weighted by Crippen LogP contribution is 2.66. The van der Waals surface area contributed by atoms with Gasteiger partial charge in [-0.2, -0.15) is 0 Å². The van der Waals surface area contributed by atoms with Crippen molar-refractivity contribution in [2.45, 2.75) is 46.1 Å². The van der Waals surface area contributed by atoms with Crippen molar-refractivity contribution in [1.29, 1.82) is 0 Å². The zero-order valence-corrected chi connectivity index (χ0v) is 14.4. The van der Waals surface area contributed by atoms with Gasteiger partial charge in [-0.3, -0.25) is 0 Å². The third kappa shape index (κ3) is 2.54. The van der Waals surface area contributed by atoms with Crippen LogP contribution in [-0.4, -0.2) is 23.1 Å². The minimum absolute atomic E-state index is 0.0279. The number of rotatable bonds is 4. The molecular weight excluding hydrogens is 304 g/mol. The van der Waals surface area contributed by atoms with Gasteiger partial charge in [0.15, 0.2) is 0 Å². The fraction of sp³-hybridized carbons (Fsp3) is 0.500. The Balaban J connectivity index is 1.71. The number of carbonyl (C=O) groups excluding carboxylic acids is 1. The van der Waals surface area contributed by atoms with Crippen molar-refractivity contribution in [3.63, 3.8) is 0 Å². The maximum atomic E-state index is 12.2. The summed E-state index contributed by atoms with van der Waals surface area (Å²) in [5.74, 6) is -0.798. The predicted molar refractivity (Wildman–Crippen MR) is 91.5 cm³/mol. The summed E-state index contributed by atoms with van der Waals surface area (Å²) in [4.78, 5) is 23.4. The molecule has 0 radical (unpaired) electrons. The fourth-order valence-corrected chi connectivity index (χ4v) is 4.48. The lowest BCUT2D eigenvalue weighted by Crippen LogP contribution is -2.38. The molecule has 1 N–H and O–H groups in total. The van der Waals surface area contributed by atoms with Crippen LogP contribution in [-0.2, 0) is 9.53 Å². The molecule has 0 aliphatic heterocycles. The first-order chi connectivity index (χ1) is 11.3. The molecule has 4 nitrogen and oxygen atoms in total. The van der Waals surface area contributed by atoms with E-state index in [4.69, 9.17) is 4.74 Å². The van der Waals surface area contributed by atoms with Gasteiger partial charge in [0, 0.05) is 11.5 Å². The third-order valence-electron chi connectivity index (χ3n) is 6.56. The smallest absolute Gasteiger partial charge is 0.336 e. The molecule has 3 atom stereocenters. The van der Waals surface area contributed by atoms with Crippen molar-refractivity contribution in [1.82, 2.24) is 0 Å². The lowest BCUT2D eigenvalue weighted by atomic mass is 9.70. The highest BCUT2D eigenvalue weighted by molar-refractivity contribution is 5.94. The summed E-state index contributed by atoms with van der Waals surface area (Å²) in [5.41, 5.74) is 0.897. The number of hydrogen-bond acceptors (Lipinski definition) is 3. The summed E-state index contributed by atoms with van der Waals surface area (Å²) < 4.78 is 5.73. The number of hydrogen-bond donors (Lipinski definition) is 1. The van der Waals surface area contributed by atoms with E-state index in [-0.39, 0.29) is 22.5 Å².